The maximum Gasteiger partial charge on any atom is 0.329 e. The van der Waals surface area contributed by atoms with Crippen molar-refractivity contribution in [3.63, 3.8) is 0 Å². The Bertz CT molecular complexity index is 1130. The number of nitrogens with one attached hydrogen (secondary N) is 1. The van der Waals surface area contributed by atoms with Gasteiger partial charge < -0.3 is 9.47 Å². The van der Waals surface area contributed by atoms with E-state index < -0.39 is 5.69 Å². The molecule has 3 aromatic rings. The van der Waals surface area contributed by atoms with Gasteiger partial charge >= 0.3 is 5.69 Å². The molecule has 4 heterocycles. The van der Waals surface area contributed by atoms with Gasteiger partial charge in [0, 0.05) is 44.8 Å². The van der Waals surface area contributed by atoms with Gasteiger partial charge in [-0.05, 0) is 30.7 Å². The Morgan fingerprint density at radius 1 is 1.23 bits per heavy atom. The predicted molar refractivity (Wildman–Crippen MR) is 118 cm³/mol. The molecule has 0 amide bonds. The van der Waals surface area contributed by atoms with Crippen LogP contribution < -0.4 is 16.1 Å². The van der Waals surface area contributed by atoms with Crippen molar-refractivity contribution in [2.24, 2.45) is 18.9 Å². The number of aromatic nitrogens is 6. The van der Waals surface area contributed by atoms with Crippen LogP contribution in [0, 0.1) is 11.8 Å². The van der Waals surface area contributed by atoms with Crippen molar-refractivity contribution in [1.82, 2.24) is 29.1 Å². The summed E-state index contributed by atoms with van der Waals surface area (Å²) >= 11 is 1.60. The summed E-state index contributed by atoms with van der Waals surface area (Å²) in [5.41, 5.74) is 0.0615. The lowest BCUT2D eigenvalue weighted by Gasteiger charge is -2.31. The van der Waals surface area contributed by atoms with Crippen molar-refractivity contribution in [2.45, 2.75) is 38.4 Å². The largest absolute Gasteiger partial charge is 0.342 e. The fraction of sp³-hybridized carbons (Fsp3) is 0.550. The van der Waals surface area contributed by atoms with Gasteiger partial charge in [-0.3, -0.25) is 14.3 Å². The van der Waals surface area contributed by atoms with Gasteiger partial charge in [-0.15, -0.1) is 0 Å². The lowest BCUT2D eigenvalue weighted by Crippen LogP contribution is -2.35. The Kier molecular flexibility index (Phi) is 5.94. The van der Waals surface area contributed by atoms with Crippen molar-refractivity contribution >= 4 is 28.9 Å². The minimum absolute atomic E-state index is 0.246. The molecule has 0 aromatic carbocycles. The zero-order valence-corrected chi connectivity index (χ0v) is 18.4. The summed E-state index contributed by atoms with van der Waals surface area (Å²) in [7, 11) is 1.64. The Balaban J connectivity index is 1.67. The van der Waals surface area contributed by atoms with Crippen molar-refractivity contribution in [1.29, 1.82) is 0 Å². The number of thioether (sulfide) groups is 1. The highest BCUT2D eigenvalue weighted by atomic mass is 32.2. The van der Waals surface area contributed by atoms with Crippen LogP contribution in [0.3, 0.4) is 0 Å². The number of anilines is 1. The molecule has 160 valence electrons. The molecular formula is C20H27N7O2S. The second kappa shape index (κ2) is 8.63. The van der Waals surface area contributed by atoms with E-state index in [4.69, 9.17) is 4.98 Å². The molecule has 0 aliphatic carbocycles. The van der Waals surface area contributed by atoms with Gasteiger partial charge in [0.05, 0.1) is 0 Å². The number of H-pyrrole nitrogens is 1. The summed E-state index contributed by atoms with van der Waals surface area (Å²) in [5, 5.41) is 0.741. The van der Waals surface area contributed by atoms with E-state index in [1.807, 2.05) is 4.57 Å². The van der Waals surface area contributed by atoms with Crippen LogP contribution in [0.15, 0.2) is 33.2 Å². The molecule has 0 saturated carbocycles. The molecule has 0 radical (unpaired) electrons. The van der Waals surface area contributed by atoms with Crippen molar-refractivity contribution in [2.75, 3.05) is 23.7 Å². The lowest BCUT2D eigenvalue weighted by molar-refractivity contribution is 0.427. The van der Waals surface area contributed by atoms with Crippen LogP contribution in [-0.2, 0) is 13.6 Å². The van der Waals surface area contributed by atoms with E-state index in [-0.39, 0.29) is 11.5 Å². The number of hydrogen-bond acceptors (Lipinski definition) is 7. The van der Waals surface area contributed by atoms with Crippen LogP contribution >= 0.6 is 11.8 Å². The number of nitrogens with zero attached hydrogens (tertiary/aromatic N) is 6. The average molecular weight is 430 g/mol. The van der Waals surface area contributed by atoms with Gasteiger partial charge in [-0.2, -0.15) is 4.98 Å². The summed E-state index contributed by atoms with van der Waals surface area (Å²) in [6.07, 6.45) is 5.66. The van der Waals surface area contributed by atoms with Crippen molar-refractivity contribution in [3.05, 3.63) is 39.3 Å². The molecule has 0 spiro atoms. The molecule has 1 atom stereocenters. The quantitative estimate of drug-likeness (QED) is 0.471. The second-order valence-electron chi connectivity index (χ2n) is 8.13. The highest BCUT2D eigenvalue weighted by Gasteiger charge is 2.25. The fourth-order valence-corrected chi connectivity index (χ4v) is 4.60. The van der Waals surface area contributed by atoms with E-state index >= 15 is 0 Å². The smallest absolute Gasteiger partial charge is 0.329 e. The van der Waals surface area contributed by atoms with Gasteiger partial charge in [0.15, 0.2) is 16.3 Å². The number of hydrogen-bond donors (Lipinski definition) is 1. The first kappa shape index (κ1) is 20.6. The molecule has 1 fully saturated rings. The molecule has 9 nitrogen and oxygen atoms in total. The molecule has 4 rings (SSSR count). The van der Waals surface area contributed by atoms with E-state index in [2.05, 4.69) is 33.7 Å². The molecule has 0 bridgehead atoms. The third-order valence-corrected chi connectivity index (χ3v) is 6.79. The second-order valence-corrected chi connectivity index (χ2v) is 9.12. The summed E-state index contributed by atoms with van der Waals surface area (Å²) in [6.45, 7) is 6.83. The number of aromatic amines is 1. The van der Waals surface area contributed by atoms with Crippen LogP contribution in [0.2, 0.25) is 0 Å². The highest BCUT2D eigenvalue weighted by molar-refractivity contribution is 7.99. The summed E-state index contributed by atoms with van der Waals surface area (Å²) in [4.78, 5) is 42.8. The van der Waals surface area contributed by atoms with E-state index in [1.165, 1.54) is 4.57 Å². The number of piperidine rings is 1. The van der Waals surface area contributed by atoms with Gasteiger partial charge in [0.25, 0.3) is 5.56 Å². The molecule has 10 heteroatoms. The summed E-state index contributed by atoms with van der Waals surface area (Å²) in [5.74, 6) is 2.52. The zero-order valence-electron chi connectivity index (χ0n) is 17.5. The molecular weight excluding hydrogens is 402 g/mol. The highest BCUT2D eigenvalue weighted by Crippen LogP contribution is 2.27. The first-order valence-electron chi connectivity index (χ1n) is 10.3. The first-order valence-corrected chi connectivity index (χ1v) is 11.3. The van der Waals surface area contributed by atoms with Gasteiger partial charge in [-0.25, -0.2) is 14.8 Å². The minimum atomic E-state index is -0.444. The topological polar surface area (TPSA) is 102 Å². The van der Waals surface area contributed by atoms with Gasteiger partial charge in [0.1, 0.15) is 0 Å². The molecule has 1 aliphatic rings. The van der Waals surface area contributed by atoms with Crippen LogP contribution in [0.4, 0.5) is 5.95 Å². The molecule has 1 aliphatic heterocycles. The van der Waals surface area contributed by atoms with Crippen LogP contribution in [0.5, 0.6) is 0 Å². The Morgan fingerprint density at radius 2 is 1.93 bits per heavy atom. The number of imidazole rings is 1. The molecule has 1 saturated heterocycles. The Hall–Kier alpha value is -2.62. The van der Waals surface area contributed by atoms with E-state index in [9.17, 15) is 9.59 Å². The SMILES string of the molecule is CC1CCN(c2nc3c(c(=O)[nH]c(=O)n3C)n2C[C@H](C)CSc2ncccn2)CC1. The number of rotatable bonds is 6. The molecule has 0 unspecified atom stereocenters. The number of aryl methyl sites for hydroxylation is 1. The van der Waals surface area contributed by atoms with E-state index in [0.717, 1.165) is 42.8 Å². The Labute approximate surface area is 178 Å². The third-order valence-electron chi connectivity index (χ3n) is 5.59. The molecule has 3 aromatic heterocycles. The Morgan fingerprint density at radius 3 is 2.63 bits per heavy atom. The average Bonchev–Trinajstić information content (AvgIpc) is 3.12. The first-order chi connectivity index (χ1) is 14.4. The summed E-state index contributed by atoms with van der Waals surface area (Å²) in [6, 6.07) is 1.80. The normalized spacial score (nSPS) is 16.3. The molecule has 1 N–H and O–H groups in total. The van der Waals surface area contributed by atoms with Crippen LogP contribution in [-0.4, -0.2) is 47.9 Å². The maximum atomic E-state index is 12.7. The molecule has 30 heavy (non-hydrogen) atoms. The van der Waals surface area contributed by atoms with E-state index in [0.29, 0.717) is 23.6 Å². The van der Waals surface area contributed by atoms with Gasteiger partial charge in [-0.1, -0.05) is 25.6 Å². The van der Waals surface area contributed by atoms with Crippen molar-refractivity contribution < 1.29 is 0 Å². The third kappa shape index (κ3) is 4.14. The van der Waals surface area contributed by atoms with Crippen LogP contribution in [0.25, 0.3) is 11.2 Å². The van der Waals surface area contributed by atoms with Crippen molar-refractivity contribution in [3.8, 4) is 0 Å². The predicted octanol–water partition coefficient (Wildman–Crippen LogP) is 1.88. The monoisotopic (exact) mass is 429 g/mol. The number of fused-ring (bicyclic) bond motifs is 1. The standard InChI is InChI=1S/C20H27N7O2S/c1-13-5-9-26(10-6-13)19-23-16-15(17(28)24-20(29)25(16)3)27(19)11-14(2)12-30-18-21-7-4-8-22-18/h4,7-8,13-14H,5-6,9-12H2,1-3H3,(H,24,28,29)/t14-/m0/s1. The van der Waals surface area contributed by atoms with Crippen LogP contribution in [0.1, 0.15) is 26.7 Å². The van der Waals surface area contributed by atoms with E-state index in [1.54, 1.807) is 37.3 Å². The lowest BCUT2D eigenvalue weighted by atomic mass is 10.00. The summed E-state index contributed by atoms with van der Waals surface area (Å²) < 4.78 is 3.40. The zero-order chi connectivity index (χ0) is 21.3. The maximum absolute atomic E-state index is 12.7. The van der Waals surface area contributed by atoms with Gasteiger partial charge in [0.2, 0.25) is 5.95 Å². The fourth-order valence-electron chi connectivity index (χ4n) is 3.79. The minimum Gasteiger partial charge on any atom is -0.342 e.